The Balaban J connectivity index is 1.77. The Hall–Kier alpha value is -4.96. The van der Waals surface area contributed by atoms with Gasteiger partial charge in [-0.15, -0.1) is 0 Å². The Morgan fingerprint density at radius 3 is 1.61 bits per heavy atom. The first-order chi connectivity index (χ1) is 17.6. The first-order valence-corrected chi connectivity index (χ1v) is 11.6. The van der Waals surface area contributed by atoms with E-state index in [1.54, 1.807) is 66.7 Å². The third kappa shape index (κ3) is 3.39. The zero-order valence-corrected chi connectivity index (χ0v) is 19.1. The number of aromatic hydroxyl groups is 1. The topological polar surface area (TPSA) is 67.5 Å². The normalized spacial score (nSPS) is 11.1. The lowest BCUT2D eigenvalue weighted by Crippen LogP contribution is -2.20. The Kier molecular flexibility index (Phi) is 5.20. The SMILES string of the molecule is O=C(c1ccccc1)c1c(C(=O)c2ccccc2)c2c(O)c3ccccc3oc(-c3ccccc3)c1-2. The smallest absolute Gasteiger partial charge is 0.194 e. The van der Waals surface area contributed by atoms with Crippen LogP contribution in [0.1, 0.15) is 31.8 Å². The first kappa shape index (κ1) is 21.6. The summed E-state index contributed by atoms with van der Waals surface area (Å²) in [6.45, 7) is 0. The van der Waals surface area contributed by atoms with Crippen molar-refractivity contribution >= 4 is 22.5 Å². The Morgan fingerprint density at radius 2 is 1.03 bits per heavy atom. The minimum Gasteiger partial charge on any atom is -0.507 e. The lowest BCUT2D eigenvalue weighted by Gasteiger charge is -2.24. The number of para-hydroxylation sites is 1. The molecular formula is C32H20O4. The molecule has 0 saturated heterocycles. The number of fused-ring (bicyclic) bond motifs is 2. The van der Waals surface area contributed by atoms with Crippen molar-refractivity contribution in [1.29, 1.82) is 0 Å². The monoisotopic (exact) mass is 468 g/mol. The van der Waals surface area contributed by atoms with Gasteiger partial charge in [-0.1, -0.05) is 103 Å². The maximum absolute atomic E-state index is 13.9. The molecule has 0 amide bonds. The quantitative estimate of drug-likeness (QED) is 0.268. The van der Waals surface area contributed by atoms with E-state index in [4.69, 9.17) is 4.42 Å². The molecule has 0 fully saturated rings. The molecule has 4 aromatic rings. The van der Waals surface area contributed by atoms with Crippen molar-refractivity contribution in [2.75, 3.05) is 0 Å². The van der Waals surface area contributed by atoms with Crippen LogP contribution < -0.4 is 0 Å². The molecule has 0 unspecified atom stereocenters. The fraction of sp³-hybridized carbons (Fsp3) is 0. The number of ketones is 2. The minimum absolute atomic E-state index is 0.0876. The highest BCUT2D eigenvalue weighted by atomic mass is 16.3. The Morgan fingerprint density at radius 1 is 0.556 bits per heavy atom. The van der Waals surface area contributed by atoms with Crippen LogP contribution in [0.2, 0.25) is 0 Å². The van der Waals surface area contributed by atoms with E-state index in [1.807, 2.05) is 48.5 Å². The lowest BCUT2D eigenvalue weighted by molar-refractivity contribution is 0.100. The summed E-state index contributed by atoms with van der Waals surface area (Å²) < 4.78 is 6.38. The first-order valence-electron chi connectivity index (χ1n) is 11.6. The van der Waals surface area contributed by atoms with Crippen molar-refractivity contribution in [3.8, 4) is 28.2 Å². The second-order valence-corrected chi connectivity index (χ2v) is 8.53. The molecule has 0 spiro atoms. The summed E-state index contributed by atoms with van der Waals surface area (Å²) in [4.78, 5) is 27.7. The molecule has 0 aromatic heterocycles. The second kappa shape index (κ2) is 8.67. The highest BCUT2D eigenvalue weighted by Crippen LogP contribution is 2.52. The van der Waals surface area contributed by atoms with Gasteiger partial charge in [-0.2, -0.15) is 0 Å². The van der Waals surface area contributed by atoms with E-state index in [0.717, 1.165) is 5.56 Å². The van der Waals surface area contributed by atoms with Crippen LogP contribution in [-0.4, -0.2) is 16.7 Å². The van der Waals surface area contributed by atoms with Crippen LogP contribution in [0.3, 0.4) is 0 Å². The van der Waals surface area contributed by atoms with E-state index in [-0.39, 0.29) is 28.4 Å². The summed E-state index contributed by atoms with van der Waals surface area (Å²) in [7, 11) is 0. The standard InChI is InChI=1S/C32H20O4/c33-29(20-12-4-1-5-13-20)25-26(30(34)21-14-6-2-7-15-21)28-27(25)31(35)23-18-10-11-19-24(23)36-32(28)22-16-8-3-9-17-22/h1-19,35H. The van der Waals surface area contributed by atoms with E-state index in [1.165, 1.54) is 0 Å². The molecule has 4 nitrogen and oxygen atoms in total. The van der Waals surface area contributed by atoms with Gasteiger partial charge in [0.1, 0.15) is 17.1 Å². The van der Waals surface area contributed by atoms with Gasteiger partial charge in [0.05, 0.1) is 5.39 Å². The summed E-state index contributed by atoms with van der Waals surface area (Å²) >= 11 is 0. The summed E-state index contributed by atoms with van der Waals surface area (Å²) in [5.74, 6) is -0.294. The Bertz CT molecular complexity index is 1700. The second-order valence-electron chi connectivity index (χ2n) is 8.53. The van der Waals surface area contributed by atoms with Crippen LogP contribution in [0.15, 0.2) is 120 Å². The van der Waals surface area contributed by atoms with E-state index < -0.39 is 0 Å². The molecule has 4 heteroatoms. The van der Waals surface area contributed by atoms with Crippen LogP contribution in [0.4, 0.5) is 0 Å². The van der Waals surface area contributed by atoms with E-state index >= 15 is 0 Å². The molecule has 0 saturated carbocycles. The molecule has 0 radical (unpaired) electrons. The molecule has 1 aliphatic heterocycles. The zero-order valence-electron chi connectivity index (χ0n) is 19.1. The van der Waals surface area contributed by atoms with Gasteiger partial charge in [-0.25, -0.2) is 0 Å². The maximum atomic E-state index is 13.9. The molecule has 36 heavy (non-hydrogen) atoms. The molecule has 172 valence electrons. The number of benzene rings is 4. The molecule has 1 aliphatic carbocycles. The number of rotatable bonds is 5. The van der Waals surface area contributed by atoms with Crippen LogP contribution in [0.25, 0.3) is 33.4 Å². The van der Waals surface area contributed by atoms with Crippen LogP contribution in [-0.2, 0) is 0 Å². The fourth-order valence-electron chi connectivity index (χ4n) is 4.66. The zero-order chi connectivity index (χ0) is 24.6. The molecule has 2 aliphatic rings. The third-order valence-corrected chi connectivity index (χ3v) is 6.38. The maximum Gasteiger partial charge on any atom is 0.194 e. The van der Waals surface area contributed by atoms with Crippen molar-refractivity contribution < 1.29 is 19.1 Å². The summed E-state index contributed by atoms with van der Waals surface area (Å²) in [5.41, 5.74) is 3.26. The number of hydrogen-bond donors (Lipinski definition) is 1. The molecule has 0 atom stereocenters. The fourth-order valence-corrected chi connectivity index (χ4v) is 4.66. The van der Waals surface area contributed by atoms with Crippen molar-refractivity contribution in [3.63, 3.8) is 0 Å². The number of hydrogen-bond acceptors (Lipinski definition) is 4. The van der Waals surface area contributed by atoms with Crippen molar-refractivity contribution in [1.82, 2.24) is 0 Å². The van der Waals surface area contributed by atoms with Gasteiger partial charge in [0.25, 0.3) is 0 Å². The Labute approximate surface area is 207 Å². The average Bonchev–Trinajstić information content (AvgIpc) is 3.03. The number of carbonyl (C=O) groups excluding carboxylic acids is 2. The van der Waals surface area contributed by atoms with Gasteiger partial charge in [0, 0.05) is 38.9 Å². The highest BCUT2D eigenvalue weighted by Gasteiger charge is 2.39. The van der Waals surface area contributed by atoms with E-state index in [0.29, 0.717) is 39.0 Å². The predicted molar refractivity (Wildman–Crippen MR) is 140 cm³/mol. The number of carbonyl (C=O) groups is 2. The predicted octanol–water partition coefficient (Wildman–Crippen LogP) is 7.37. The van der Waals surface area contributed by atoms with Gasteiger partial charge in [0.15, 0.2) is 11.6 Å². The summed E-state index contributed by atoms with van der Waals surface area (Å²) in [6, 6.07) is 34.2. The van der Waals surface area contributed by atoms with Gasteiger partial charge in [-0.05, 0) is 12.1 Å². The van der Waals surface area contributed by atoms with Gasteiger partial charge in [0.2, 0.25) is 0 Å². The molecule has 0 bridgehead atoms. The van der Waals surface area contributed by atoms with E-state index in [9.17, 15) is 14.7 Å². The summed E-state index contributed by atoms with van der Waals surface area (Å²) in [6.07, 6.45) is 0. The van der Waals surface area contributed by atoms with Crippen molar-refractivity contribution in [2.45, 2.75) is 0 Å². The van der Waals surface area contributed by atoms with E-state index in [2.05, 4.69) is 0 Å². The van der Waals surface area contributed by atoms with Crippen LogP contribution in [0.5, 0.6) is 5.75 Å². The highest BCUT2D eigenvalue weighted by molar-refractivity contribution is 6.31. The molecule has 6 rings (SSSR count). The van der Waals surface area contributed by atoms with Crippen molar-refractivity contribution in [2.24, 2.45) is 0 Å². The largest absolute Gasteiger partial charge is 0.507 e. The molecule has 4 aromatic carbocycles. The van der Waals surface area contributed by atoms with Crippen LogP contribution in [0, 0.1) is 0 Å². The van der Waals surface area contributed by atoms with Crippen LogP contribution >= 0.6 is 0 Å². The molecule has 1 heterocycles. The molecular weight excluding hydrogens is 448 g/mol. The average molecular weight is 469 g/mol. The van der Waals surface area contributed by atoms with Crippen molar-refractivity contribution in [3.05, 3.63) is 138 Å². The van der Waals surface area contributed by atoms with Gasteiger partial charge < -0.3 is 9.52 Å². The molecule has 1 N–H and O–H groups in total. The van der Waals surface area contributed by atoms with Gasteiger partial charge >= 0.3 is 0 Å². The lowest BCUT2D eigenvalue weighted by atomic mass is 9.75. The third-order valence-electron chi connectivity index (χ3n) is 6.38. The van der Waals surface area contributed by atoms with Gasteiger partial charge in [-0.3, -0.25) is 9.59 Å². The minimum atomic E-state index is -0.327. The summed E-state index contributed by atoms with van der Waals surface area (Å²) in [5, 5.41) is 12.0.